The summed E-state index contributed by atoms with van der Waals surface area (Å²) in [6.07, 6.45) is 4.72. The van der Waals surface area contributed by atoms with E-state index >= 15 is 4.39 Å². The lowest BCUT2D eigenvalue weighted by Gasteiger charge is -2.43. The van der Waals surface area contributed by atoms with Gasteiger partial charge in [-0.15, -0.1) is 0 Å². The van der Waals surface area contributed by atoms with Gasteiger partial charge >= 0.3 is 0 Å². The standard InChI is InChI=1S/C29H36ClFN6O3S.CH2O2/c1-17(2)28(32)29(38)37(4)25-13-20(19-7-5-6-18(3)12-19)8-9-23(25)35-24-15-22(31)26(14-21(24)30)41(39,40)36-27-10-11-33-16-34-27;2-1-3/h5-7,10-12,14-17,20,23,25,28,35H,8-9,13,32H2,1-4H3,(H,33,34,36);1H,(H,2,3)/t20-,23-,25-,28-;/m0./s1. The molecule has 1 aromatic heterocycles. The normalized spacial score (nSPS) is 18.9. The molecule has 1 heterocycles. The molecule has 2 aromatic carbocycles. The molecule has 3 aromatic rings. The van der Waals surface area contributed by atoms with Crippen LogP contribution in [0.25, 0.3) is 0 Å². The van der Waals surface area contributed by atoms with Crippen LogP contribution in [0.3, 0.4) is 0 Å². The van der Waals surface area contributed by atoms with Gasteiger partial charge in [-0.3, -0.25) is 14.3 Å². The maximum atomic E-state index is 15.3. The van der Waals surface area contributed by atoms with Crippen molar-refractivity contribution in [2.24, 2.45) is 11.7 Å². The van der Waals surface area contributed by atoms with Crippen molar-refractivity contribution >= 4 is 45.5 Å². The van der Waals surface area contributed by atoms with Crippen LogP contribution in [0.2, 0.25) is 5.02 Å². The van der Waals surface area contributed by atoms with Gasteiger partial charge in [0.05, 0.1) is 22.8 Å². The van der Waals surface area contributed by atoms with Gasteiger partial charge in [0, 0.05) is 19.3 Å². The molecule has 0 aliphatic heterocycles. The summed E-state index contributed by atoms with van der Waals surface area (Å²) in [5, 5.41) is 10.2. The second-order valence-corrected chi connectivity index (χ2v) is 13.1. The number of hydrogen-bond donors (Lipinski definition) is 4. The summed E-state index contributed by atoms with van der Waals surface area (Å²) < 4.78 is 43.2. The van der Waals surface area contributed by atoms with Crippen molar-refractivity contribution in [3.8, 4) is 0 Å². The number of amides is 1. The first kappa shape index (κ1) is 34.7. The van der Waals surface area contributed by atoms with Crippen LogP contribution >= 0.6 is 11.6 Å². The van der Waals surface area contributed by atoms with Gasteiger partial charge in [0.2, 0.25) is 5.91 Å². The van der Waals surface area contributed by atoms with Crippen molar-refractivity contribution in [1.82, 2.24) is 14.9 Å². The molecule has 0 spiro atoms. The van der Waals surface area contributed by atoms with Gasteiger partial charge in [-0.05, 0) is 61.8 Å². The van der Waals surface area contributed by atoms with Gasteiger partial charge in [-0.25, -0.2) is 22.8 Å². The van der Waals surface area contributed by atoms with Crippen LogP contribution in [0.4, 0.5) is 15.9 Å². The molecule has 11 nitrogen and oxygen atoms in total. The highest BCUT2D eigenvalue weighted by Crippen LogP contribution is 2.38. The van der Waals surface area contributed by atoms with Gasteiger partial charge in [0.15, 0.2) is 0 Å². The fourth-order valence-corrected chi connectivity index (χ4v) is 6.62. The Morgan fingerprint density at radius 2 is 1.93 bits per heavy atom. The van der Waals surface area contributed by atoms with Crippen LogP contribution in [-0.4, -0.2) is 65.9 Å². The molecule has 1 amide bonds. The fraction of sp³-hybridized carbons (Fsp3) is 0.400. The Morgan fingerprint density at radius 3 is 2.55 bits per heavy atom. The van der Waals surface area contributed by atoms with Crippen molar-refractivity contribution in [3.05, 3.63) is 77.0 Å². The fourth-order valence-electron chi connectivity index (χ4n) is 5.24. The summed E-state index contributed by atoms with van der Waals surface area (Å²) in [5.74, 6) is -0.971. The van der Waals surface area contributed by atoms with Crippen molar-refractivity contribution in [2.75, 3.05) is 17.1 Å². The van der Waals surface area contributed by atoms with Gasteiger partial charge in [0.25, 0.3) is 16.5 Å². The Bertz CT molecular complexity index is 1550. The molecule has 1 aliphatic rings. The van der Waals surface area contributed by atoms with E-state index in [2.05, 4.69) is 45.1 Å². The van der Waals surface area contributed by atoms with Crippen LogP contribution < -0.4 is 15.8 Å². The number of anilines is 2. The third-order valence-electron chi connectivity index (χ3n) is 7.65. The quantitative estimate of drug-likeness (QED) is 0.242. The van der Waals surface area contributed by atoms with E-state index in [1.807, 2.05) is 19.9 Å². The molecule has 5 N–H and O–H groups in total. The molecule has 1 fully saturated rings. The molecule has 0 saturated heterocycles. The summed E-state index contributed by atoms with van der Waals surface area (Å²) in [7, 11) is -2.56. The van der Waals surface area contributed by atoms with E-state index in [0.717, 1.165) is 24.1 Å². The molecule has 238 valence electrons. The molecular weight excluding hydrogens is 611 g/mol. The van der Waals surface area contributed by atoms with E-state index in [-0.39, 0.29) is 52.8 Å². The van der Waals surface area contributed by atoms with E-state index in [1.54, 1.807) is 11.9 Å². The summed E-state index contributed by atoms with van der Waals surface area (Å²) in [6.45, 7) is 5.61. The van der Waals surface area contributed by atoms with E-state index in [0.29, 0.717) is 12.8 Å². The number of nitrogens with one attached hydrogen (secondary N) is 2. The van der Waals surface area contributed by atoms with Crippen LogP contribution in [-0.2, 0) is 19.6 Å². The van der Waals surface area contributed by atoms with Gasteiger partial charge in [0.1, 0.15) is 22.9 Å². The van der Waals surface area contributed by atoms with Crippen molar-refractivity contribution < 1.29 is 27.5 Å². The van der Waals surface area contributed by atoms with E-state index in [9.17, 15) is 13.2 Å². The highest BCUT2D eigenvalue weighted by molar-refractivity contribution is 7.92. The molecule has 14 heteroatoms. The number of nitrogens with two attached hydrogens (primary N) is 1. The predicted molar refractivity (Wildman–Crippen MR) is 167 cm³/mol. The Hall–Kier alpha value is -3.81. The topological polar surface area (TPSA) is 168 Å². The Balaban J connectivity index is 0.00000169. The number of carboxylic acid groups (broad SMARTS) is 1. The molecular formula is C30H38ClFN6O5S. The largest absolute Gasteiger partial charge is 0.483 e. The van der Waals surface area contributed by atoms with Crippen molar-refractivity contribution in [2.45, 2.75) is 69.0 Å². The average Bonchev–Trinajstić information content (AvgIpc) is 2.98. The maximum Gasteiger partial charge on any atom is 0.290 e. The van der Waals surface area contributed by atoms with E-state index in [1.165, 1.54) is 24.2 Å². The molecule has 0 bridgehead atoms. The predicted octanol–water partition coefficient (Wildman–Crippen LogP) is 4.64. The van der Waals surface area contributed by atoms with Gasteiger partial charge < -0.3 is 21.1 Å². The number of benzene rings is 2. The molecule has 4 atom stereocenters. The number of hydrogen-bond acceptors (Lipinski definition) is 8. The zero-order valence-corrected chi connectivity index (χ0v) is 26.5. The summed E-state index contributed by atoms with van der Waals surface area (Å²) in [6, 6.07) is 10.6. The molecule has 0 unspecified atom stereocenters. The van der Waals surface area contributed by atoms with Crippen molar-refractivity contribution in [1.29, 1.82) is 0 Å². The number of aryl methyl sites for hydroxylation is 1. The maximum absolute atomic E-state index is 15.3. The molecule has 4 rings (SSSR count). The molecule has 1 saturated carbocycles. The first-order chi connectivity index (χ1) is 20.8. The molecule has 44 heavy (non-hydrogen) atoms. The smallest absolute Gasteiger partial charge is 0.290 e. The minimum absolute atomic E-state index is 0.00162. The van der Waals surface area contributed by atoms with Gasteiger partial charge in [-0.2, -0.15) is 0 Å². The first-order valence-electron chi connectivity index (χ1n) is 14.0. The molecule has 0 radical (unpaired) electrons. The highest BCUT2D eigenvalue weighted by Gasteiger charge is 2.38. The number of carbonyl (C=O) groups is 2. The Morgan fingerprint density at radius 1 is 1.23 bits per heavy atom. The van der Waals surface area contributed by atoms with Crippen molar-refractivity contribution in [3.63, 3.8) is 0 Å². The average molecular weight is 649 g/mol. The minimum atomic E-state index is -4.31. The van der Waals surface area contributed by atoms with E-state index in [4.69, 9.17) is 27.2 Å². The zero-order chi connectivity index (χ0) is 32.6. The number of aromatic nitrogens is 2. The lowest BCUT2D eigenvalue weighted by atomic mass is 9.77. The Labute approximate surface area is 262 Å². The summed E-state index contributed by atoms with van der Waals surface area (Å²) in [5.41, 5.74) is 8.84. The lowest BCUT2D eigenvalue weighted by molar-refractivity contribution is -0.135. The number of carbonyl (C=O) groups excluding carboxylic acids is 1. The second-order valence-electron chi connectivity index (χ2n) is 11.0. The highest BCUT2D eigenvalue weighted by atomic mass is 35.5. The molecule has 1 aliphatic carbocycles. The van der Waals surface area contributed by atoms with Crippen LogP contribution in [0, 0.1) is 18.7 Å². The lowest BCUT2D eigenvalue weighted by Crippen LogP contribution is -2.55. The SMILES string of the molecule is Cc1cccc([C@H]2CC[C@H](Nc3cc(F)c(S(=O)(=O)Nc4ccncn4)cc3Cl)[C@@H](N(C)C(=O)[C@@H](N)C(C)C)C2)c1.O=CO. The monoisotopic (exact) mass is 648 g/mol. The number of nitrogens with zero attached hydrogens (tertiary/aromatic N) is 3. The Kier molecular flexibility index (Phi) is 12.0. The zero-order valence-electron chi connectivity index (χ0n) is 24.9. The number of rotatable bonds is 9. The van der Waals surface area contributed by atoms with Gasteiger partial charge in [-0.1, -0.05) is 55.3 Å². The van der Waals surface area contributed by atoms with Crippen LogP contribution in [0.15, 0.2) is 59.9 Å². The number of likely N-dealkylation sites (N-methyl/N-ethyl adjacent to an activating group) is 1. The summed E-state index contributed by atoms with van der Waals surface area (Å²) >= 11 is 6.51. The third-order valence-corrected chi connectivity index (χ3v) is 9.33. The number of sulfonamides is 1. The van der Waals surface area contributed by atoms with Crippen LogP contribution in [0.1, 0.15) is 50.2 Å². The minimum Gasteiger partial charge on any atom is -0.483 e. The first-order valence-corrected chi connectivity index (χ1v) is 15.9. The van der Waals surface area contributed by atoms with E-state index < -0.39 is 26.8 Å². The van der Waals surface area contributed by atoms with Crippen LogP contribution in [0.5, 0.6) is 0 Å². The second kappa shape index (κ2) is 15.3. The third kappa shape index (κ3) is 8.64. The number of halogens is 2. The summed E-state index contributed by atoms with van der Waals surface area (Å²) in [4.78, 5) is 30.3.